The molecule has 0 amide bonds. The van der Waals surface area contributed by atoms with Crippen LogP contribution in [0, 0.1) is 0 Å². The molecule has 6 heteroatoms. The van der Waals surface area contributed by atoms with Gasteiger partial charge in [0.05, 0.1) is 11.4 Å². The van der Waals surface area contributed by atoms with Crippen molar-refractivity contribution in [3.63, 3.8) is 0 Å². The number of carboxylic acid groups (broad SMARTS) is 2. The summed E-state index contributed by atoms with van der Waals surface area (Å²) in [6, 6.07) is 8.01. The minimum Gasteiger partial charge on any atom is -0.480 e. The van der Waals surface area contributed by atoms with E-state index in [2.05, 4.69) is 9.97 Å². The van der Waals surface area contributed by atoms with E-state index in [1.165, 1.54) is 24.5 Å². The molecular weight excluding hydrogens is 248 g/mol. The minimum atomic E-state index is -1.66. The monoisotopic (exact) mass is 258 g/mol. The Kier molecular flexibility index (Phi) is 3.51. The summed E-state index contributed by atoms with van der Waals surface area (Å²) in [5.74, 6) is -4.53. The third-order valence-corrected chi connectivity index (χ3v) is 2.55. The number of carbonyl (C=O) groups is 2. The van der Waals surface area contributed by atoms with E-state index in [-0.39, 0.29) is 11.3 Å². The van der Waals surface area contributed by atoms with Gasteiger partial charge in [0, 0.05) is 18.0 Å². The maximum atomic E-state index is 11.1. The Hall–Kier alpha value is -2.76. The van der Waals surface area contributed by atoms with Crippen LogP contribution in [0.15, 0.2) is 42.7 Å². The van der Waals surface area contributed by atoms with Crippen LogP contribution < -0.4 is 0 Å². The second-order valence-electron chi connectivity index (χ2n) is 3.77. The number of rotatable bonds is 4. The van der Waals surface area contributed by atoms with E-state index < -0.39 is 17.9 Å². The molecule has 96 valence electrons. The molecule has 0 saturated carbocycles. The molecule has 0 bridgehead atoms. The van der Waals surface area contributed by atoms with Crippen molar-refractivity contribution in [2.75, 3.05) is 0 Å². The van der Waals surface area contributed by atoms with Gasteiger partial charge in [0.25, 0.3) is 0 Å². The number of carboxylic acids is 2. The lowest BCUT2D eigenvalue weighted by Crippen LogP contribution is -2.22. The first kappa shape index (κ1) is 12.7. The van der Waals surface area contributed by atoms with Gasteiger partial charge in [-0.25, -0.2) is 0 Å². The molecule has 0 aliphatic carbocycles. The first-order chi connectivity index (χ1) is 9.11. The smallest absolute Gasteiger partial charge is 0.322 e. The molecule has 2 aromatic heterocycles. The van der Waals surface area contributed by atoms with Crippen molar-refractivity contribution in [3.05, 3.63) is 48.3 Å². The average molecular weight is 258 g/mol. The molecule has 0 spiro atoms. The molecule has 0 aliphatic heterocycles. The Balaban J connectivity index is 2.59. The van der Waals surface area contributed by atoms with Crippen molar-refractivity contribution in [1.29, 1.82) is 0 Å². The third kappa shape index (κ3) is 2.57. The van der Waals surface area contributed by atoms with Gasteiger partial charge in [-0.15, -0.1) is 0 Å². The molecule has 0 radical (unpaired) electrons. The summed E-state index contributed by atoms with van der Waals surface area (Å²) in [4.78, 5) is 30.3. The topological polar surface area (TPSA) is 100 Å². The molecule has 0 fully saturated rings. The fourth-order valence-electron chi connectivity index (χ4n) is 1.74. The quantitative estimate of drug-likeness (QED) is 0.804. The van der Waals surface area contributed by atoms with Crippen molar-refractivity contribution in [2.45, 2.75) is 5.92 Å². The Labute approximate surface area is 108 Å². The van der Waals surface area contributed by atoms with Gasteiger partial charge >= 0.3 is 11.9 Å². The first-order valence-corrected chi connectivity index (χ1v) is 5.43. The van der Waals surface area contributed by atoms with Gasteiger partial charge in [0.2, 0.25) is 0 Å². The van der Waals surface area contributed by atoms with Crippen molar-refractivity contribution in [2.24, 2.45) is 0 Å². The molecule has 6 nitrogen and oxygen atoms in total. The van der Waals surface area contributed by atoms with Crippen LogP contribution in [0.2, 0.25) is 0 Å². The van der Waals surface area contributed by atoms with Gasteiger partial charge in [-0.1, -0.05) is 12.1 Å². The van der Waals surface area contributed by atoms with E-state index in [1.807, 2.05) is 0 Å². The van der Waals surface area contributed by atoms with Gasteiger partial charge in [0.1, 0.15) is 0 Å². The summed E-state index contributed by atoms with van der Waals surface area (Å²) in [7, 11) is 0. The normalized spacial score (nSPS) is 10.4. The molecule has 2 aromatic rings. The number of aliphatic carboxylic acids is 2. The molecule has 0 aromatic carbocycles. The van der Waals surface area contributed by atoms with Gasteiger partial charge in [-0.3, -0.25) is 19.6 Å². The van der Waals surface area contributed by atoms with Crippen LogP contribution in [0.3, 0.4) is 0 Å². The average Bonchev–Trinajstić information content (AvgIpc) is 2.39. The Morgan fingerprint density at radius 3 is 2.21 bits per heavy atom. The van der Waals surface area contributed by atoms with Crippen molar-refractivity contribution >= 4 is 11.9 Å². The Morgan fingerprint density at radius 2 is 1.63 bits per heavy atom. The lowest BCUT2D eigenvalue weighted by atomic mass is 9.96. The van der Waals surface area contributed by atoms with Crippen LogP contribution in [0.1, 0.15) is 11.5 Å². The van der Waals surface area contributed by atoms with E-state index in [4.69, 9.17) is 10.2 Å². The van der Waals surface area contributed by atoms with Crippen molar-refractivity contribution in [1.82, 2.24) is 9.97 Å². The Morgan fingerprint density at radius 1 is 0.947 bits per heavy atom. The number of pyridine rings is 2. The summed E-state index contributed by atoms with van der Waals surface area (Å²) < 4.78 is 0. The molecular formula is C13H10N2O4. The van der Waals surface area contributed by atoms with E-state index in [9.17, 15) is 9.59 Å². The highest BCUT2D eigenvalue weighted by Gasteiger charge is 2.31. The zero-order valence-corrected chi connectivity index (χ0v) is 9.72. The fraction of sp³-hybridized carbons (Fsp3) is 0.0769. The number of hydrogen-bond donors (Lipinski definition) is 2. The molecule has 2 heterocycles. The predicted molar refractivity (Wildman–Crippen MR) is 65.5 cm³/mol. The third-order valence-electron chi connectivity index (χ3n) is 2.55. The van der Waals surface area contributed by atoms with Crippen LogP contribution >= 0.6 is 0 Å². The van der Waals surface area contributed by atoms with Crippen LogP contribution in [-0.4, -0.2) is 32.1 Å². The molecule has 2 rings (SSSR count). The molecule has 0 unspecified atom stereocenters. The van der Waals surface area contributed by atoms with Crippen LogP contribution in [-0.2, 0) is 9.59 Å². The minimum absolute atomic E-state index is 0.112. The van der Waals surface area contributed by atoms with Crippen LogP contribution in [0.4, 0.5) is 0 Å². The number of nitrogens with zero attached hydrogens (tertiary/aromatic N) is 2. The lowest BCUT2D eigenvalue weighted by Gasteiger charge is -2.11. The van der Waals surface area contributed by atoms with Crippen molar-refractivity contribution < 1.29 is 19.8 Å². The van der Waals surface area contributed by atoms with Gasteiger partial charge in [-0.2, -0.15) is 0 Å². The largest absolute Gasteiger partial charge is 0.480 e. The maximum absolute atomic E-state index is 11.1. The summed E-state index contributed by atoms with van der Waals surface area (Å²) in [5.41, 5.74) is 0.810. The molecule has 2 N–H and O–H groups in total. The zero-order valence-electron chi connectivity index (χ0n) is 9.72. The standard InChI is InChI=1S/C13H10N2O4/c16-12(17)10(13(18)19)8-4-3-7-15-11(8)9-5-1-2-6-14-9/h1-7,10H,(H,16,17)(H,18,19). The second kappa shape index (κ2) is 5.26. The van der Waals surface area contributed by atoms with E-state index >= 15 is 0 Å². The lowest BCUT2D eigenvalue weighted by molar-refractivity contribution is -0.150. The summed E-state index contributed by atoms with van der Waals surface area (Å²) in [5, 5.41) is 18.1. The highest BCUT2D eigenvalue weighted by atomic mass is 16.4. The van der Waals surface area contributed by atoms with E-state index in [0.717, 1.165) is 0 Å². The number of hydrogen-bond acceptors (Lipinski definition) is 4. The predicted octanol–water partition coefficient (Wildman–Crippen LogP) is 1.40. The Bertz CT molecular complexity index is 599. The molecule has 0 aliphatic rings. The highest BCUT2D eigenvalue weighted by Crippen LogP contribution is 2.26. The van der Waals surface area contributed by atoms with Gasteiger partial charge < -0.3 is 10.2 Å². The summed E-state index contributed by atoms with van der Waals surface area (Å²) >= 11 is 0. The second-order valence-corrected chi connectivity index (χ2v) is 3.77. The van der Waals surface area contributed by atoms with Crippen molar-refractivity contribution in [3.8, 4) is 11.4 Å². The molecule has 0 atom stereocenters. The van der Waals surface area contributed by atoms with Crippen LogP contribution in [0.25, 0.3) is 11.4 Å². The fourth-order valence-corrected chi connectivity index (χ4v) is 1.74. The SMILES string of the molecule is O=C(O)C(C(=O)O)c1cccnc1-c1ccccn1. The molecule has 19 heavy (non-hydrogen) atoms. The first-order valence-electron chi connectivity index (χ1n) is 5.43. The number of aromatic nitrogens is 2. The zero-order chi connectivity index (χ0) is 13.8. The summed E-state index contributed by atoms with van der Waals surface area (Å²) in [6.45, 7) is 0. The highest BCUT2D eigenvalue weighted by molar-refractivity contribution is 6.00. The van der Waals surface area contributed by atoms with E-state index in [0.29, 0.717) is 5.69 Å². The van der Waals surface area contributed by atoms with Gasteiger partial charge in [-0.05, 0) is 18.2 Å². The van der Waals surface area contributed by atoms with Crippen LogP contribution in [0.5, 0.6) is 0 Å². The maximum Gasteiger partial charge on any atom is 0.322 e. The van der Waals surface area contributed by atoms with E-state index in [1.54, 1.807) is 18.2 Å². The summed E-state index contributed by atoms with van der Waals surface area (Å²) in [6.07, 6.45) is 3.00. The molecule has 0 saturated heterocycles. The van der Waals surface area contributed by atoms with Gasteiger partial charge in [0.15, 0.2) is 5.92 Å².